The first kappa shape index (κ1) is 12.4. The van der Waals surface area contributed by atoms with Gasteiger partial charge in [-0.2, -0.15) is 0 Å². The molecule has 0 amide bonds. The summed E-state index contributed by atoms with van der Waals surface area (Å²) in [5.41, 5.74) is 7.08. The molecule has 4 heteroatoms. The summed E-state index contributed by atoms with van der Waals surface area (Å²) < 4.78 is 16.2. The first-order chi connectivity index (χ1) is 8.31. The molecule has 0 saturated carbocycles. The molecule has 94 valence electrons. The van der Waals surface area contributed by atoms with Gasteiger partial charge in [-0.15, -0.1) is 0 Å². The van der Waals surface area contributed by atoms with Gasteiger partial charge in [-0.1, -0.05) is 18.2 Å². The average Bonchev–Trinajstić information content (AvgIpc) is 2.89. The molecule has 1 aliphatic heterocycles. The smallest absolute Gasteiger partial charge is 0.123 e. The minimum absolute atomic E-state index is 0.160. The molecule has 0 aliphatic carbocycles. The van der Waals surface area contributed by atoms with Crippen molar-refractivity contribution in [2.75, 3.05) is 26.9 Å². The van der Waals surface area contributed by atoms with Crippen LogP contribution in [0.15, 0.2) is 24.3 Å². The van der Waals surface area contributed by atoms with Gasteiger partial charge in [-0.25, -0.2) is 0 Å². The summed E-state index contributed by atoms with van der Waals surface area (Å²) in [5.74, 6) is 0.811. The Morgan fingerprint density at radius 2 is 2.29 bits per heavy atom. The summed E-state index contributed by atoms with van der Waals surface area (Å²) in [5, 5.41) is 0. The molecule has 2 atom stereocenters. The normalized spacial score (nSPS) is 21.4. The van der Waals surface area contributed by atoms with E-state index in [2.05, 4.69) is 0 Å². The molecule has 2 unspecified atom stereocenters. The summed E-state index contributed by atoms with van der Waals surface area (Å²) in [4.78, 5) is 0. The van der Waals surface area contributed by atoms with E-state index in [1.54, 1.807) is 7.11 Å². The van der Waals surface area contributed by atoms with Crippen LogP contribution in [0.25, 0.3) is 0 Å². The van der Waals surface area contributed by atoms with Crippen LogP contribution in [0.3, 0.4) is 0 Å². The summed E-state index contributed by atoms with van der Waals surface area (Å²) in [6.07, 6.45) is 1.15. The van der Waals surface area contributed by atoms with Crippen LogP contribution in [-0.4, -0.2) is 33.0 Å². The fraction of sp³-hybridized carbons (Fsp3) is 0.538. The minimum Gasteiger partial charge on any atom is -0.496 e. The van der Waals surface area contributed by atoms with Crippen LogP contribution in [0.5, 0.6) is 5.75 Å². The predicted molar refractivity (Wildman–Crippen MR) is 65.1 cm³/mol. The van der Waals surface area contributed by atoms with Gasteiger partial charge in [0.15, 0.2) is 0 Å². The Morgan fingerprint density at radius 3 is 3.00 bits per heavy atom. The molecule has 1 aromatic carbocycles. The molecule has 0 aromatic heterocycles. The fourth-order valence-corrected chi connectivity index (χ4v) is 1.95. The first-order valence-corrected chi connectivity index (χ1v) is 5.89. The molecule has 0 spiro atoms. The number of rotatable bonds is 5. The van der Waals surface area contributed by atoms with Crippen LogP contribution in [0.1, 0.15) is 18.0 Å². The van der Waals surface area contributed by atoms with Crippen LogP contribution in [0, 0.1) is 0 Å². The first-order valence-electron chi connectivity index (χ1n) is 5.89. The standard InChI is InChI=1S/C13H19NO3/c1-15-13-5-3-2-4-11(13)12(14)9-17-10-6-7-16-8-10/h2-5,10,12H,6-9,14H2,1H3. The third kappa shape index (κ3) is 3.19. The van der Waals surface area contributed by atoms with Crippen molar-refractivity contribution < 1.29 is 14.2 Å². The SMILES string of the molecule is COc1ccccc1C(N)COC1CCOC1. The highest BCUT2D eigenvalue weighted by atomic mass is 16.5. The zero-order valence-corrected chi connectivity index (χ0v) is 10.1. The summed E-state index contributed by atoms with van der Waals surface area (Å²) in [6.45, 7) is 1.96. The summed E-state index contributed by atoms with van der Waals surface area (Å²) in [6, 6.07) is 7.61. The lowest BCUT2D eigenvalue weighted by Gasteiger charge is -2.17. The maximum Gasteiger partial charge on any atom is 0.123 e. The molecular weight excluding hydrogens is 218 g/mol. The van der Waals surface area contributed by atoms with E-state index in [0.29, 0.717) is 13.2 Å². The fourth-order valence-electron chi connectivity index (χ4n) is 1.95. The minimum atomic E-state index is -0.160. The van der Waals surface area contributed by atoms with E-state index in [-0.39, 0.29) is 12.1 Å². The number of benzene rings is 1. The Balaban J connectivity index is 1.91. The molecule has 1 aromatic rings. The number of methoxy groups -OCH3 is 1. The van der Waals surface area contributed by atoms with Gasteiger partial charge in [0.25, 0.3) is 0 Å². The molecular formula is C13H19NO3. The van der Waals surface area contributed by atoms with Crippen molar-refractivity contribution >= 4 is 0 Å². The molecule has 17 heavy (non-hydrogen) atoms. The highest BCUT2D eigenvalue weighted by molar-refractivity contribution is 5.35. The van der Waals surface area contributed by atoms with Crippen LogP contribution >= 0.6 is 0 Å². The molecule has 4 nitrogen and oxygen atoms in total. The van der Waals surface area contributed by atoms with Crippen LogP contribution in [0.4, 0.5) is 0 Å². The van der Waals surface area contributed by atoms with E-state index in [9.17, 15) is 0 Å². The van der Waals surface area contributed by atoms with Crippen LogP contribution < -0.4 is 10.5 Å². The van der Waals surface area contributed by atoms with Crippen molar-refractivity contribution in [3.05, 3.63) is 29.8 Å². The topological polar surface area (TPSA) is 53.7 Å². The largest absolute Gasteiger partial charge is 0.496 e. The molecule has 1 heterocycles. The van der Waals surface area contributed by atoms with Crippen molar-refractivity contribution in [1.29, 1.82) is 0 Å². The van der Waals surface area contributed by atoms with Crippen molar-refractivity contribution in [2.45, 2.75) is 18.6 Å². The average molecular weight is 237 g/mol. The Bertz CT molecular complexity index is 350. The van der Waals surface area contributed by atoms with Crippen molar-refractivity contribution in [2.24, 2.45) is 5.73 Å². The van der Waals surface area contributed by atoms with E-state index in [1.807, 2.05) is 24.3 Å². The number of ether oxygens (including phenoxy) is 3. The van der Waals surface area contributed by atoms with E-state index in [0.717, 1.165) is 24.3 Å². The molecule has 1 saturated heterocycles. The molecule has 1 fully saturated rings. The van der Waals surface area contributed by atoms with Crippen LogP contribution in [-0.2, 0) is 9.47 Å². The molecule has 2 rings (SSSR count). The number of nitrogens with two attached hydrogens (primary N) is 1. The van der Waals surface area contributed by atoms with Gasteiger partial charge in [0, 0.05) is 12.2 Å². The second-order valence-corrected chi connectivity index (χ2v) is 4.17. The zero-order valence-electron chi connectivity index (χ0n) is 10.1. The van der Waals surface area contributed by atoms with Gasteiger partial charge >= 0.3 is 0 Å². The van der Waals surface area contributed by atoms with Gasteiger partial charge in [0.05, 0.1) is 32.5 Å². The summed E-state index contributed by atoms with van der Waals surface area (Å²) in [7, 11) is 1.65. The second-order valence-electron chi connectivity index (χ2n) is 4.17. The Morgan fingerprint density at radius 1 is 1.47 bits per heavy atom. The van der Waals surface area contributed by atoms with Crippen LogP contribution in [0.2, 0.25) is 0 Å². The lowest BCUT2D eigenvalue weighted by molar-refractivity contribution is 0.0347. The molecule has 0 radical (unpaired) electrons. The summed E-state index contributed by atoms with van der Waals surface area (Å²) >= 11 is 0. The predicted octanol–water partition coefficient (Wildman–Crippen LogP) is 1.50. The van der Waals surface area contributed by atoms with E-state index in [4.69, 9.17) is 19.9 Å². The van der Waals surface area contributed by atoms with E-state index >= 15 is 0 Å². The Hall–Kier alpha value is -1.10. The number of hydrogen-bond acceptors (Lipinski definition) is 4. The second kappa shape index (κ2) is 6.00. The quantitative estimate of drug-likeness (QED) is 0.843. The van der Waals surface area contributed by atoms with Gasteiger partial charge in [-0.05, 0) is 12.5 Å². The monoisotopic (exact) mass is 237 g/mol. The third-order valence-electron chi connectivity index (χ3n) is 2.94. The maximum atomic E-state index is 6.10. The number of para-hydroxylation sites is 1. The molecule has 0 bridgehead atoms. The van der Waals surface area contributed by atoms with Crippen molar-refractivity contribution in [3.63, 3.8) is 0 Å². The number of hydrogen-bond donors (Lipinski definition) is 1. The van der Waals surface area contributed by atoms with Gasteiger partial charge < -0.3 is 19.9 Å². The lowest BCUT2D eigenvalue weighted by atomic mass is 10.1. The van der Waals surface area contributed by atoms with Gasteiger partial charge in [0.1, 0.15) is 5.75 Å². The molecule has 1 aliphatic rings. The third-order valence-corrected chi connectivity index (χ3v) is 2.94. The van der Waals surface area contributed by atoms with E-state index in [1.165, 1.54) is 0 Å². The lowest BCUT2D eigenvalue weighted by Crippen LogP contribution is -2.22. The zero-order chi connectivity index (χ0) is 12.1. The van der Waals surface area contributed by atoms with Crippen molar-refractivity contribution in [3.8, 4) is 5.75 Å². The van der Waals surface area contributed by atoms with Crippen molar-refractivity contribution in [1.82, 2.24) is 0 Å². The van der Waals surface area contributed by atoms with Gasteiger partial charge in [0.2, 0.25) is 0 Å². The molecule has 2 N–H and O–H groups in total. The van der Waals surface area contributed by atoms with E-state index < -0.39 is 0 Å². The maximum absolute atomic E-state index is 6.10. The Kier molecular flexibility index (Phi) is 4.36. The highest BCUT2D eigenvalue weighted by Crippen LogP contribution is 2.24. The Labute approximate surface area is 102 Å². The van der Waals surface area contributed by atoms with Gasteiger partial charge in [-0.3, -0.25) is 0 Å². The highest BCUT2D eigenvalue weighted by Gasteiger charge is 2.18.